The van der Waals surface area contributed by atoms with E-state index in [0.29, 0.717) is 18.9 Å². The van der Waals surface area contributed by atoms with Gasteiger partial charge in [0.15, 0.2) is 0 Å². The summed E-state index contributed by atoms with van der Waals surface area (Å²) in [4.78, 5) is 42.3. The summed E-state index contributed by atoms with van der Waals surface area (Å²) in [5, 5.41) is 9.84. The minimum absolute atomic E-state index is 0.00820. The first-order chi connectivity index (χ1) is 20.6. The lowest BCUT2D eigenvalue weighted by Gasteiger charge is -2.40. The Bertz CT molecular complexity index is 1510. The van der Waals surface area contributed by atoms with Crippen LogP contribution in [0.3, 0.4) is 0 Å². The molecule has 4 rings (SSSR count). The molecule has 0 radical (unpaired) electrons. The molecule has 3 aromatic rings. The van der Waals surface area contributed by atoms with Gasteiger partial charge in [0.2, 0.25) is 5.91 Å². The zero-order valence-corrected chi connectivity index (χ0v) is 23.1. The van der Waals surface area contributed by atoms with E-state index in [4.69, 9.17) is 14.6 Å². The van der Waals surface area contributed by atoms with Crippen molar-refractivity contribution >= 4 is 17.8 Å². The van der Waals surface area contributed by atoms with E-state index in [-0.39, 0.29) is 24.1 Å². The number of rotatable bonds is 8. The number of carbonyl (C=O) groups is 3. The van der Waals surface area contributed by atoms with Crippen molar-refractivity contribution in [1.29, 1.82) is 0 Å². The molecule has 44 heavy (non-hydrogen) atoms. The number of pyridine rings is 2. The minimum atomic E-state index is -5.08. The second kappa shape index (κ2) is 14.0. The number of alkyl halides is 6. The number of nitrogens with one attached hydrogen (secondary N) is 1. The molecule has 0 aliphatic carbocycles. The van der Waals surface area contributed by atoms with Gasteiger partial charge in [-0.2, -0.15) is 26.3 Å². The van der Waals surface area contributed by atoms with Gasteiger partial charge in [0.1, 0.15) is 18.1 Å². The first kappa shape index (κ1) is 33.6. The number of hydrogen-bond donors (Lipinski definition) is 2. The Morgan fingerprint density at radius 1 is 1.11 bits per heavy atom. The number of aryl methyl sites for hydroxylation is 1. The van der Waals surface area contributed by atoms with Crippen molar-refractivity contribution in [2.75, 3.05) is 13.2 Å². The normalized spacial score (nSPS) is 14.4. The van der Waals surface area contributed by atoms with Crippen LogP contribution >= 0.6 is 0 Å². The van der Waals surface area contributed by atoms with Crippen LogP contribution in [0.2, 0.25) is 0 Å². The van der Waals surface area contributed by atoms with Gasteiger partial charge in [-0.3, -0.25) is 19.6 Å². The fraction of sp³-hybridized carbons (Fsp3) is 0.276. The molecule has 1 fully saturated rings. The first-order valence-corrected chi connectivity index (χ1v) is 12.8. The number of aromatic nitrogens is 2. The first-order valence-electron chi connectivity index (χ1n) is 12.8. The van der Waals surface area contributed by atoms with Crippen LogP contribution in [0, 0.1) is 6.92 Å². The smallest absolute Gasteiger partial charge is 0.489 e. The van der Waals surface area contributed by atoms with E-state index in [1.807, 2.05) is 31.2 Å². The molecule has 1 atom stereocenters. The lowest BCUT2D eigenvalue weighted by atomic mass is 9.99. The molecule has 0 unspecified atom stereocenters. The number of carboxylic acids is 1. The van der Waals surface area contributed by atoms with E-state index in [2.05, 4.69) is 21.9 Å². The van der Waals surface area contributed by atoms with Gasteiger partial charge in [-0.15, -0.1) is 0 Å². The Balaban J connectivity index is 0.000000676. The molecule has 0 bridgehead atoms. The maximum absolute atomic E-state index is 12.7. The second-order valence-corrected chi connectivity index (χ2v) is 9.42. The van der Waals surface area contributed by atoms with Crippen molar-refractivity contribution in [1.82, 2.24) is 20.2 Å². The maximum Gasteiger partial charge on any atom is 0.490 e. The standard InChI is InChI=1S/C27H25F3N4O3.C2HF3O2/c1-3-25(35)34-11-9-21(34)16-37-23-15-31-10-8-22(23)18-4-5-19(17(2)12-18)13-33-26(36)20-6-7-24(32-14-20)27(28,29)30;3-2(4,5)1(6)7/h3-8,10,12,14-15,21H,1,9,11,13,16H2,2H3,(H,33,36);(H,6,7)/t21-;/m0./s1. The molecule has 9 nitrogen and oxygen atoms in total. The van der Waals surface area contributed by atoms with Crippen LogP contribution in [0.25, 0.3) is 11.1 Å². The SMILES string of the molecule is C=CC(=O)N1CC[C@H]1COc1cnccc1-c1ccc(CNC(=O)c2ccc(C(F)(F)F)nc2)c(C)c1.O=C(O)C(F)(F)F. The maximum atomic E-state index is 12.7. The average Bonchev–Trinajstić information content (AvgIpc) is 2.95. The Morgan fingerprint density at radius 3 is 2.34 bits per heavy atom. The van der Waals surface area contributed by atoms with Crippen LogP contribution in [0.5, 0.6) is 5.75 Å². The minimum Gasteiger partial charge on any atom is -0.489 e. The number of hydrogen-bond acceptors (Lipinski definition) is 6. The number of aliphatic carboxylic acids is 1. The molecular formula is C29H26F6N4O5. The number of benzene rings is 1. The summed E-state index contributed by atoms with van der Waals surface area (Å²) in [5.74, 6) is -2.79. The molecule has 2 aromatic heterocycles. The van der Waals surface area contributed by atoms with Crippen molar-refractivity contribution in [2.45, 2.75) is 38.3 Å². The zero-order valence-electron chi connectivity index (χ0n) is 23.1. The molecule has 3 heterocycles. The molecule has 1 aliphatic rings. The second-order valence-electron chi connectivity index (χ2n) is 9.42. The summed E-state index contributed by atoms with van der Waals surface area (Å²) in [6.45, 7) is 6.66. The van der Waals surface area contributed by atoms with Gasteiger partial charge in [0.25, 0.3) is 5.91 Å². The highest BCUT2D eigenvalue weighted by molar-refractivity contribution is 5.93. The molecule has 234 valence electrons. The Kier molecular flexibility index (Phi) is 10.7. The lowest BCUT2D eigenvalue weighted by Crippen LogP contribution is -2.53. The lowest BCUT2D eigenvalue weighted by molar-refractivity contribution is -0.192. The number of halogens is 6. The number of carbonyl (C=O) groups excluding carboxylic acids is 2. The molecule has 1 saturated heterocycles. The van der Waals surface area contributed by atoms with Crippen LogP contribution in [0.4, 0.5) is 26.3 Å². The highest BCUT2D eigenvalue weighted by Gasteiger charge is 2.38. The fourth-order valence-corrected chi connectivity index (χ4v) is 3.98. The van der Waals surface area contributed by atoms with E-state index >= 15 is 0 Å². The van der Waals surface area contributed by atoms with E-state index in [1.54, 1.807) is 17.3 Å². The van der Waals surface area contributed by atoms with Gasteiger partial charge < -0.3 is 20.1 Å². The zero-order chi connectivity index (χ0) is 32.7. The summed E-state index contributed by atoms with van der Waals surface area (Å²) < 4.78 is 75.8. The third kappa shape index (κ3) is 8.78. The van der Waals surface area contributed by atoms with Gasteiger partial charge in [-0.05, 0) is 54.3 Å². The Labute approximate surface area is 247 Å². The molecule has 2 N–H and O–H groups in total. The molecule has 15 heteroatoms. The van der Waals surface area contributed by atoms with E-state index in [0.717, 1.165) is 47.0 Å². The topological polar surface area (TPSA) is 122 Å². The van der Waals surface area contributed by atoms with Crippen molar-refractivity contribution in [3.63, 3.8) is 0 Å². The summed E-state index contributed by atoms with van der Waals surface area (Å²) >= 11 is 0. The molecule has 2 amide bonds. The van der Waals surface area contributed by atoms with Crippen LogP contribution in [0.1, 0.15) is 33.6 Å². The van der Waals surface area contributed by atoms with Crippen molar-refractivity contribution in [2.24, 2.45) is 0 Å². The van der Waals surface area contributed by atoms with Gasteiger partial charge in [-0.25, -0.2) is 4.79 Å². The van der Waals surface area contributed by atoms with Crippen LogP contribution < -0.4 is 10.1 Å². The van der Waals surface area contributed by atoms with E-state index < -0.39 is 29.9 Å². The van der Waals surface area contributed by atoms with Crippen LogP contribution in [-0.4, -0.2) is 63.1 Å². The molecule has 0 spiro atoms. The third-order valence-corrected chi connectivity index (χ3v) is 6.47. The third-order valence-electron chi connectivity index (χ3n) is 6.47. The van der Waals surface area contributed by atoms with Crippen LogP contribution in [0.15, 0.2) is 67.6 Å². The monoisotopic (exact) mass is 624 g/mol. The summed E-state index contributed by atoms with van der Waals surface area (Å²) in [5.41, 5.74) is 2.48. The van der Waals surface area contributed by atoms with Crippen LogP contribution in [-0.2, 0) is 22.3 Å². The number of amides is 2. The summed E-state index contributed by atoms with van der Waals surface area (Å²) in [6, 6.07) is 9.44. The van der Waals surface area contributed by atoms with E-state index in [1.165, 1.54) is 6.08 Å². The van der Waals surface area contributed by atoms with Crippen molar-refractivity contribution < 1.29 is 50.6 Å². The van der Waals surface area contributed by atoms with Gasteiger partial charge in [-0.1, -0.05) is 24.8 Å². The quantitative estimate of drug-likeness (QED) is 0.261. The predicted octanol–water partition coefficient (Wildman–Crippen LogP) is 5.20. The Morgan fingerprint density at radius 2 is 1.82 bits per heavy atom. The molecule has 0 saturated carbocycles. The highest BCUT2D eigenvalue weighted by atomic mass is 19.4. The van der Waals surface area contributed by atoms with Gasteiger partial charge in [0.05, 0.1) is 17.8 Å². The largest absolute Gasteiger partial charge is 0.490 e. The van der Waals surface area contributed by atoms with Gasteiger partial charge in [0, 0.05) is 31.0 Å². The number of carboxylic acid groups (broad SMARTS) is 1. The fourth-order valence-electron chi connectivity index (χ4n) is 3.98. The van der Waals surface area contributed by atoms with Crippen molar-refractivity contribution in [3.8, 4) is 16.9 Å². The Hall–Kier alpha value is -4.95. The molecule has 1 aliphatic heterocycles. The summed E-state index contributed by atoms with van der Waals surface area (Å²) in [6.07, 6.45) is -3.27. The van der Waals surface area contributed by atoms with Crippen molar-refractivity contribution in [3.05, 3.63) is 90.0 Å². The molecular weight excluding hydrogens is 598 g/mol. The average molecular weight is 625 g/mol. The van der Waals surface area contributed by atoms with E-state index in [9.17, 15) is 35.9 Å². The predicted molar refractivity (Wildman–Crippen MR) is 144 cm³/mol. The number of ether oxygens (including phenoxy) is 1. The number of likely N-dealkylation sites (tertiary alicyclic amines) is 1. The summed E-state index contributed by atoms with van der Waals surface area (Å²) in [7, 11) is 0. The highest BCUT2D eigenvalue weighted by Crippen LogP contribution is 2.32. The molecule has 1 aromatic carbocycles. The van der Waals surface area contributed by atoms with Gasteiger partial charge >= 0.3 is 18.3 Å². The number of nitrogens with zero attached hydrogens (tertiary/aromatic N) is 3.